The zero-order valence-corrected chi connectivity index (χ0v) is 20.7. The first-order chi connectivity index (χ1) is 17.9. The standard InChI is InChI=1S/C29H27N3O5/c1-19-10-11-26(20(2)15-19)37-14-6-12-31-17-21(23-8-3-4-9-25(23)31)16-24-27(33)30-29(35)32(28(24)34)18-22-7-5-13-36-22/h3-5,7-11,13,15-17H,6,12,14,18H2,1-2H3,(H,30,33,35). The summed E-state index contributed by atoms with van der Waals surface area (Å²) in [5.74, 6) is -0.0612. The molecule has 3 heterocycles. The van der Waals surface area contributed by atoms with Gasteiger partial charge in [-0.05, 0) is 56.2 Å². The molecular weight excluding hydrogens is 470 g/mol. The predicted octanol–water partition coefficient (Wildman–Crippen LogP) is 4.98. The number of aryl methyl sites for hydroxylation is 3. The molecular formula is C29H27N3O5. The quantitative estimate of drug-likeness (QED) is 0.210. The molecule has 1 aliphatic heterocycles. The Balaban J connectivity index is 1.36. The van der Waals surface area contributed by atoms with Crippen LogP contribution in [0.1, 0.15) is 28.9 Å². The van der Waals surface area contributed by atoms with Crippen molar-refractivity contribution in [2.75, 3.05) is 6.61 Å². The highest BCUT2D eigenvalue weighted by Gasteiger charge is 2.36. The van der Waals surface area contributed by atoms with E-state index in [1.807, 2.05) is 49.5 Å². The van der Waals surface area contributed by atoms with Crippen molar-refractivity contribution in [3.8, 4) is 5.75 Å². The number of benzene rings is 2. The number of rotatable bonds is 8. The van der Waals surface area contributed by atoms with Crippen LogP contribution in [-0.4, -0.2) is 33.9 Å². The van der Waals surface area contributed by atoms with Gasteiger partial charge in [-0.2, -0.15) is 0 Å². The number of amides is 4. The summed E-state index contributed by atoms with van der Waals surface area (Å²) in [6, 6.07) is 16.5. The van der Waals surface area contributed by atoms with E-state index in [9.17, 15) is 14.4 Å². The average molecular weight is 498 g/mol. The van der Waals surface area contributed by atoms with Gasteiger partial charge in [0.25, 0.3) is 11.8 Å². The minimum atomic E-state index is -0.769. The molecule has 0 bridgehead atoms. The molecule has 4 amide bonds. The fourth-order valence-corrected chi connectivity index (χ4v) is 4.50. The molecule has 1 N–H and O–H groups in total. The Labute approximate surface area is 214 Å². The fourth-order valence-electron chi connectivity index (χ4n) is 4.50. The molecule has 37 heavy (non-hydrogen) atoms. The number of urea groups is 1. The second-order valence-electron chi connectivity index (χ2n) is 9.05. The molecule has 5 rings (SSSR count). The maximum absolute atomic E-state index is 13.1. The molecule has 0 spiro atoms. The van der Waals surface area contributed by atoms with Crippen molar-refractivity contribution in [3.63, 3.8) is 0 Å². The first-order valence-corrected chi connectivity index (χ1v) is 12.1. The molecule has 0 atom stereocenters. The van der Waals surface area contributed by atoms with E-state index in [1.165, 1.54) is 11.8 Å². The number of hydrogen-bond acceptors (Lipinski definition) is 5. The SMILES string of the molecule is Cc1ccc(OCCCn2cc(C=C3C(=O)NC(=O)N(Cc4ccco4)C3=O)c3ccccc32)c(C)c1. The van der Waals surface area contributed by atoms with Gasteiger partial charge in [0, 0.05) is 29.2 Å². The van der Waals surface area contributed by atoms with Crippen molar-refractivity contribution in [1.82, 2.24) is 14.8 Å². The Kier molecular flexibility index (Phi) is 6.64. The van der Waals surface area contributed by atoms with E-state index in [2.05, 4.69) is 22.9 Å². The van der Waals surface area contributed by atoms with E-state index in [1.54, 1.807) is 18.2 Å². The number of furan rings is 1. The number of aromatic nitrogens is 1. The number of nitrogens with zero attached hydrogens (tertiary/aromatic N) is 2. The van der Waals surface area contributed by atoms with Gasteiger partial charge < -0.3 is 13.7 Å². The number of ether oxygens (including phenoxy) is 1. The number of fused-ring (bicyclic) bond motifs is 1. The number of para-hydroxylation sites is 1. The molecule has 0 radical (unpaired) electrons. The van der Waals surface area contributed by atoms with Crippen LogP contribution in [0.4, 0.5) is 4.79 Å². The summed E-state index contributed by atoms with van der Waals surface area (Å²) in [6.45, 7) is 5.27. The van der Waals surface area contributed by atoms with Crippen LogP contribution >= 0.6 is 0 Å². The first kappa shape index (κ1) is 24.1. The van der Waals surface area contributed by atoms with Crippen molar-refractivity contribution in [1.29, 1.82) is 0 Å². The van der Waals surface area contributed by atoms with Gasteiger partial charge in [0.2, 0.25) is 0 Å². The van der Waals surface area contributed by atoms with Crippen molar-refractivity contribution in [2.45, 2.75) is 33.4 Å². The maximum atomic E-state index is 13.1. The lowest BCUT2D eigenvalue weighted by molar-refractivity contribution is -0.130. The highest BCUT2D eigenvalue weighted by atomic mass is 16.5. The fraction of sp³-hybridized carbons (Fsp3) is 0.207. The molecule has 1 saturated heterocycles. The largest absolute Gasteiger partial charge is 0.493 e. The number of imide groups is 2. The number of nitrogens with one attached hydrogen (secondary N) is 1. The van der Waals surface area contributed by atoms with Gasteiger partial charge >= 0.3 is 6.03 Å². The van der Waals surface area contributed by atoms with Crippen LogP contribution in [0.2, 0.25) is 0 Å². The normalized spacial score (nSPS) is 15.0. The monoisotopic (exact) mass is 497 g/mol. The van der Waals surface area contributed by atoms with E-state index in [-0.39, 0.29) is 12.1 Å². The third-order valence-electron chi connectivity index (χ3n) is 6.33. The molecule has 1 aliphatic rings. The summed E-state index contributed by atoms with van der Waals surface area (Å²) in [4.78, 5) is 39.0. The average Bonchev–Trinajstić information content (AvgIpc) is 3.51. The summed E-state index contributed by atoms with van der Waals surface area (Å²) in [5.41, 5.74) is 3.90. The molecule has 0 aliphatic carbocycles. The third-order valence-corrected chi connectivity index (χ3v) is 6.33. The minimum Gasteiger partial charge on any atom is -0.493 e. The van der Waals surface area contributed by atoms with Crippen molar-refractivity contribution < 1.29 is 23.5 Å². The first-order valence-electron chi connectivity index (χ1n) is 12.1. The lowest BCUT2D eigenvalue weighted by Gasteiger charge is -2.25. The van der Waals surface area contributed by atoms with Crippen LogP contribution < -0.4 is 10.1 Å². The van der Waals surface area contributed by atoms with Gasteiger partial charge in [-0.3, -0.25) is 19.8 Å². The molecule has 2 aromatic carbocycles. The molecule has 8 nitrogen and oxygen atoms in total. The molecule has 188 valence electrons. The van der Waals surface area contributed by atoms with E-state index < -0.39 is 17.8 Å². The number of barbiturate groups is 1. The van der Waals surface area contributed by atoms with Gasteiger partial charge in [-0.15, -0.1) is 0 Å². The second-order valence-corrected chi connectivity index (χ2v) is 9.05. The Morgan fingerprint density at radius 2 is 1.86 bits per heavy atom. The van der Waals surface area contributed by atoms with Gasteiger partial charge in [0.05, 0.1) is 19.4 Å². The van der Waals surface area contributed by atoms with Crippen LogP contribution in [0, 0.1) is 13.8 Å². The maximum Gasteiger partial charge on any atom is 0.331 e. The van der Waals surface area contributed by atoms with Crippen LogP contribution in [-0.2, 0) is 22.7 Å². The Morgan fingerprint density at radius 1 is 1.03 bits per heavy atom. The van der Waals surface area contributed by atoms with E-state index in [4.69, 9.17) is 9.15 Å². The zero-order chi connectivity index (χ0) is 25.9. The van der Waals surface area contributed by atoms with Gasteiger partial charge in [0.1, 0.15) is 17.1 Å². The van der Waals surface area contributed by atoms with Crippen molar-refractivity contribution in [3.05, 3.63) is 95.1 Å². The summed E-state index contributed by atoms with van der Waals surface area (Å²) in [5, 5.41) is 3.16. The zero-order valence-electron chi connectivity index (χ0n) is 20.7. The van der Waals surface area contributed by atoms with Crippen LogP contribution in [0.5, 0.6) is 5.75 Å². The van der Waals surface area contributed by atoms with Gasteiger partial charge in [-0.1, -0.05) is 35.9 Å². The number of carbonyl (C=O) groups excluding carboxylic acids is 3. The van der Waals surface area contributed by atoms with Crippen LogP contribution in [0.3, 0.4) is 0 Å². The highest BCUT2D eigenvalue weighted by molar-refractivity contribution is 6.31. The number of hydrogen-bond donors (Lipinski definition) is 1. The predicted molar refractivity (Wildman–Crippen MR) is 139 cm³/mol. The summed E-state index contributed by atoms with van der Waals surface area (Å²) < 4.78 is 13.3. The van der Waals surface area contributed by atoms with Gasteiger partial charge in [0.15, 0.2) is 0 Å². The van der Waals surface area contributed by atoms with E-state index in [0.717, 1.165) is 39.1 Å². The highest BCUT2D eigenvalue weighted by Crippen LogP contribution is 2.26. The molecule has 0 unspecified atom stereocenters. The Bertz CT molecular complexity index is 1510. The Morgan fingerprint density at radius 3 is 2.65 bits per heavy atom. The molecule has 2 aromatic heterocycles. The molecule has 1 fully saturated rings. The van der Waals surface area contributed by atoms with E-state index in [0.29, 0.717) is 18.9 Å². The van der Waals surface area contributed by atoms with E-state index >= 15 is 0 Å². The smallest absolute Gasteiger partial charge is 0.331 e. The van der Waals surface area contributed by atoms with Crippen molar-refractivity contribution >= 4 is 34.8 Å². The van der Waals surface area contributed by atoms with Gasteiger partial charge in [-0.25, -0.2) is 4.79 Å². The lowest BCUT2D eigenvalue weighted by atomic mass is 10.1. The lowest BCUT2D eigenvalue weighted by Crippen LogP contribution is -2.53. The second kappa shape index (κ2) is 10.2. The van der Waals surface area contributed by atoms with Crippen LogP contribution in [0.25, 0.3) is 17.0 Å². The molecule has 8 heteroatoms. The molecule has 4 aromatic rings. The number of carbonyl (C=O) groups is 3. The van der Waals surface area contributed by atoms with Crippen LogP contribution in [0.15, 0.2) is 77.0 Å². The minimum absolute atomic E-state index is 0.0650. The molecule has 0 saturated carbocycles. The summed E-state index contributed by atoms with van der Waals surface area (Å²) in [6.07, 6.45) is 5.70. The van der Waals surface area contributed by atoms with Crippen molar-refractivity contribution in [2.24, 2.45) is 0 Å². The Hall–Kier alpha value is -4.59. The third kappa shape index (κ3) is 5.04. The topological polar surface area (TPSA) is 93.8 Å². The summed E-state index contributed by atoms with van der Waals surface area (Å²) >= 11 is 0. The summed E-state index contributed by atoms with van der Waals surface area (Å²) in [7, 11) is 0.